The first-order valence-corrected chi connectivity index (χ1v) is 9.89. The number of Topliss-reactive ketones (excluding diaryl/α,β-unsaturated/α-hetero) is 1. The topological polar surface area (TPSA) is 41.6 Å². The monoisotopic (exact) mass is 438 g/mol. The molecule has 29 heavy (non-hydrogen) atoms. The molecule has 1 aliphatic heterocycles. The average molecular weight is 439 g/mol. The number of carbonyl (C=O) groups is 1. The number of carbonyl (C=O) groups excluding carboxylic acids is 1. The standard InChI is InChI=1S/C23H30N2O2.2ClH/c1-25-16-13-19-17-20(10-11-21(19)25)22(26)8-5-6-14-24-15-12-18-7-3-4-9-23(18)27-2;;/h3-4,7,9-11,17,24H,5-6,8,12-16H2,1-2H3;2*1H. The van der Waals surface area contributed by atoms with Gasteiger partial charge in [0.2, 0.25) is 0 Å². The molecule has 0 unspecified atom stereocenters. The Bertz CT molecular complexity index is 783. The van der Waals surface area contributed by atoms with Gasteiger partial charge in [-0.15, -0.1) is 24.8 Å². The second-order valence-corrected chi connectivity index (χ2v) is 7.21. The van der Waals surface area contributed by atoms with Crippen LogP contribution < -0.4 is 15.0 Å². The maximum Gasteiger partial charge on any atom is 0.162 e. The van der Waals surface area contributed by atoms with E-state index in [0.29, 0.717) is 6.42 Å². The number of fused-ring (bicyclic) bond motifs is 1. The molecule has 0 aliphatic carbocycles. The molecule has 0 saturated heterocycles. The predicted molar refractivity (Wildman–Crippen MR) is 126 cm³/mol. The van der Waals surface area contributed by atoms with Crippen LogP contribution in [0.3, 0.4) is 0 Å². The summed E-state index contributed by atoms with van der Waals surface area (Å²) in [6, 6.07) is 14.3. The van der Waals surface area contributed by atoms with E-state index in [1.165, 1.54) is 16.8 Å². The summed E-state index contributed by atoms with van der Waals surface area (Å²) >= 11 is 0. The Balaban J connectivity index is 0.00000210. The van der Waals surface area contributed by atoms with Crippen molar-refractivity contribution in [1.82, 2.24) is 5.32 Å². The number of ketones is 1. The number of anilines is 1. The normalized spacial score (nSPS) is 12.0. The van der Waals surface area contributed by atoms with Crippen LogP contribution in [0.2, 0.25) is 0 Å². The van der Waals surface area contributed by atoms with Gasteiger partial charge in [0.25, 0.3) is 0 Å². The maximum absolute atomic E-state index is 12.4. The molecule has 2 aromatic carbocycles. The number of hydrogen-bond acceptors (Lipinski definition) is 4. The minimum atomic E-state index is 0. The third-order valence-corrected chi connectivity index (χ3v) is 5.30. The van der Waals surface area contributed by atoms with Gasteiger partial charge in [-0.05, 0) is 74.2 Å². The summed E-state index contributed by atoms with van der Waals surface area (Å²) in [4.78, 5) is 14.7. The molecular formula is C23H32Cl2N2O2. The van der Waals surface area contributed by atoms with Gasteiger partial charge in [0.15, 0.2) is 5.78 Å². The lowest BCUT2D eigenvalue weighted by atomic mass is 10.0. The summed E-state index contributed by atoms with van der Waals surface area (Å²) in [7, 11) is 3.82. The van der Waals surface area contributed by atoms with Gasteiger partial charge in [-0.1, -0.05) is 18.2 Å². The molecule has 0 saturated carbocycles. The summed E-state index contributed by atoms with van der Waals surface area (Å²) in [5.74, 6) is 1.21. The second-order valence-electron chi connectivity index (χ2n) is 7.21. The zero-order chi connectivity index (χ0) is 19.1. The van der Waals surface area contributed by atoms with Crippen molar-refractivity contribution in [3.8, 4) is 5.75 Å². The molecule has 2 aromatic rings. The number of methoxy groups -OCH3 is 1. The first-order valence-electron chi connectivity index (χ1n) is 9.89. The summed E-state index contributed by atoms with van der Waals surface area (Å²) < 4.78 is 5.37. The van der Waals surface area contributed by atoms with E-state index < -0.39 is 0 Å². The first-order chi connectivity index (χ1) is 13.2. The van der Waals surface area contributed by atoms with Crippen molar-refractivity contribution in [3.63, 3.8) is 0 Å². The molecule has 0 aromatic heterocycles. The van der Waals surface area contributed by atoms with Crippen LogP contribution in [0, 0.1) is 0 Å². The maximum atomic E-state index is 12.4. The molecule has 0 fully saturated rings. The van der Waals surface area contributed by atoms with Gasteiger partial charge in [-0.25, -0.2) is 0 Å². The lowest BCUT2D eigenvalue weighted by Crippen LogP contribution is -2.19. The average Bonchev–Trinajstić information content (AvgIpc) is 3.07. The number of likely N-dealkylation sites (N-methyl/N-ethyl adjacent to an activating group) is 1. The van der Waals surface area contributed by atoms with Crippen molar-refractivity contribution in [1.29, 1.82) is 0 Å². The third kappa shape index (κ3) is 6.91. The molecule has 0 radical (unpaired) electrons. The van der Waals surface area contributed by atoms with Gasteiger partial charge in [-0.2, -0.15) is 0 Å². The quantitative estimate of drug-likeness (QED) is 0.430. The molecule has 1 N–H and O–H groups in total. The minimum absolute atomic E-state index is 0. The van der Waals surface area contributed by atoms with Crippen LogP contribution in [0.15, 0.2) is 42.5 Å². The van der Waals surface area contributed by atoms with Crippen LogP contribution in [-0.4, -0.2) is 39.6 Å². The Kier molecular flexibility index (Phi) is 11.1. The second kappa shape index (κ2) is 12.7. The van der Waals surface area contributed by atoms with Crippen LogP contribution in [0.1, 0.15) is 40.7 Å². The zero-order valence-electron chi connectivity index (χ0n) is 17.3. The number of halogens is 2. The Morgan fingerprint density at radius 3 is 2.69 bits per heavy atom. The number of nitrogens with zero attached hydrogens (tertiary/aromatic N) is 1. The fourth-order valence-electron chi connectivity index (χ4n) is 3.68. The van der Waals surface area contributed by atoms with E-state index in [0.717, 1.165) is 56.6 Å². The number of rotatable bonds is 10. The highest BCUT2D eigenvalue weighted by Crippen LogP contribution is 2.27. The predicted octanol–water partition coefficient (Wildman–Crippen LogP) is 4.72. The summed E-state index contributed by atoms with van der Waals surface area (Å²) in [6.45, 7) is 2.91. The highest BCUT2D eigenvalue weighted by Gasteiger charge is 2.17. The van der Waals surface area contributed by atoms with Crippen LogP contribution in [0.5, 0.6) is 5.75 Å². The molecule has 1 aliphatic rings. The fraction of sp³-hybridized carbons (Fsp3) is 0.435. The Hall–Kier alpha value is -1.75. The summed E-state index contributed by atoms with van der Waals surface area (Å²) in [5.41, 5.74) is 4.67. The molecule has 0 spiro atoms. The molecule has 160 valence electrons. The highest BCUT2D eigenvalue weighted by atomic mass is 35.5. The van der Waals surface area contributed by atoms with Gasteiger partial charge in [0, 0.05) is 31.3 Å². The van der Waals surface area contributed by atoms with E-state index in [9.17, 15) is 4.79 Å². The van der Waals surface area contributed by atoms with E-state index in [4.69, 9.17) is 4.74 Å². The van der Waals surface area contributed by atoms with Crippen molar-refractivity contribution in [2.75, 3.05) is 38.7 Å². The Morgan fingerprint density at radius 2 is 1.90 bits per heavy atom. The van der Waals surface area contributed by atoms with Crippen molar-refractivity contribution in [3.05, 3.63) is 59.2 Å². The molecule has 4 nitrogen and oxygen atoms in total. The number of para-hydroxylation sites is 1. The van der Waals surface area contributed by atoms with E-state index in [1.54, 1.807) is 7.11 Å². The van der Waals surface area contributed by atoms with E-state index in [-0.39, 0.29) is 30.6 Å². The van der Waals surface area contributed by atoms with Crippen molar-refractivity contribution in [2.45, 2.75) is 32.1 Å². The molecule has 0 atom stereocenters. The summed E-state index contributed by atoms with van der Waals surface area (Å²) in [5, 5.41) is 3.47. The minimum Gasteiger partial charge on any atom is -0.496 e. The number of nitrogens with one attached hydrogen (secondary N) is 1. The van der Waals surface area contributed by atoms with Crippen LogP contribution in [-0.2, 0) is 12.8 Å². The van der Waals surface area contributed by atoms with Gasteiger partial charge >= 0.3 is 0 Å². The lowest BCUT2D eigenvalue weighted by Gasteiger charge is -2.12. The number of unbranched alkanes of at least 4 members (excludes halogenated alkanes) is 1. The first kappa shape index (κ1) is 25.3. The highest BCUT2D eigenvalue weighted by molar-refractivity contribution is 5.96. The van der Waals surface area contributed by atoms with Crippen molar-refractivity contribution in [2.24, 2.45) is 0 Å². The Labute approximate surface area is 186 Å². The molecule has 6 heteroatoms. The van der Waals surface area contributed by atoms with Gasteiger partial charge in [0.05, 0.1) is 7.11 Å². The van der Waals surface area contributed by atoms with Gasteiger partial charge < -0.3 is 15.0 Å². The molecule has 0 amide bonds. The van der Waals surface area contributed by atoms with E-state index >= 15 is 0 Å². The lowest BCUT2D eigenvalue weighted by molar-refractivity contribution is 0.0979. The molecule has 3 rings (SSSR count). The molecule has 1 heterocycles. The van der Waals surface area contributed by atoms with E-state index in [1.807, 2.05) is 24.3 Å². The number of ether oxygens (including phenoxy) is 1. The molecular weight excluding hydrogens is 407 g/mol. The largest absolute Gasteiger partial charge is 0.496 e. The van der Waals surface area contributed by atoms with Gasteiger partial charge in [-0.3, -0.25) is 4.79 Å². The van der Waals surface area contributed by atoms with Crippen LogP contribution in [0.25, 0.3) is 0 Å². The van der Waals surface area contributed by atoms with Gasteiger partial charge in [0.1, 0.15) is 5.75 Å². The molecule has 0 bridgehead atoms. The number of benzene rings is 2. The smallest absolute Gasteiger partial charge is 0.162 e. The Morgan fingerprint density at radius 1 is 1.10 bits per heavy atom. The van der Waals surface area contributed by atoms with Crippen LogP contribution in [0.4, 0.5) is 5.69 Å². The SMILES string of the molecule is COc1ccccc1CCNCCCCC(=O)c1ccc2c(c1)CCN2C.Cl.Cl. The van der Waals surface area contributed by atoms with E-state index in [2.05, 4.69) is 35.5 Å². The van der Waals surface area contributed by atoms with Crippen molar-refractivity contribution < 1.29 is 9.53 Å². The zero-order valence-corrected chi connectivity index (χ0v) is 18.9. The summed E-state index contributed by atoms with van der Waals surface area (Å²) in [6.07, 6.45) is 4.57. The fourth-order valence-corrected chi connectivity index (χ4v) is 3.68. The third-order valence-electron chi connectivity index (χ3n) is 5.30. The van der Waals surface area contributed by atoms with Crippen LogP contribution >= 0.6 is 24.8 Å². The number of hydrogen-bond donors (Lipinski definition) is 1. The van der Waals surface area contributed by atoms with Crippen molar-refractivity contribution >= 4 is 36.3 Å².